The molecule has 0 saturated heterocycles. The van der Waals surface area contributed by atoms with Gasteiger partial charge in [-0.3, -0.25) is 9.89 Å². The van der Waals surface area contributed by atoms with Gasteiger partial charge in [-0.2, -0.15) is 5.10 Å². The lowest BCUT2D eigenvalue weighted by molar-refractivity contribution is -0.147. The number of ether oxygens (including phenoxy) is 1. The number of rotatable bonds is 6. The molecule has 1 aromatic heterocycles. The molecule has 4 N–H and O–H groups in total. The first-order chi connectivity index (χ1) is 9.02. The smallest absolute Gasteiger partial charge is 0.326 e. The van der Waals surface area contributed by atoms with Crippen LogP contribution >= 0.6 is 0 Å². The second-order valence-electron chi connectivity index (χ2n) is 3.43. The van der Waals surface area contributed by atoms with E-state index >= 15 is 0 Å². The van der Waals surface area contributed by atoms with E-state index < -0.39 is 30.4 Å². The molecule has 104 valence electrons. The van der Waals surface area contributed by atoms with Crippen LogP contribution in [0.1, 0.15) is 12.2 Å². The maximum atomic E-state index is 11.4. The van der Waals surface area contributed by atoms with E-state index in [0.717, 1.165) is 7.11 Å². The highest BCUT2D eigenvalue weighted by Gasteiger charge is 2.23. The van der Waals surface area contributed by atoms with E-state index in [0.29, 0.717) is 5.82 Å². The zero-order valence-corrected chi connectivity index (χ0v) is 10.0. The van der Waals surface area contributed by atoms with Gasteiger partial charge in [-0.25, -0.2) is 14.6 Å². The highest BCUT2D eigenvalue weighted by molar-refractivity contribution is 5.86. The Kier molecular flexibility index (Phi) is 5.26. The summed E-state index contributed by atoms with van der Waals surface area (Å²) < 4.78 is 4.33. The van der Waals surface area contributed by atoms with Gasteiger partial charge < -0.3 is 20.5 Å². The third-order valence-electron chi connectivity index (χ3n) is 2.08. The normalized spacial score (nSPS) is 11.4. The van der Waals surface area contributed by atoms with Gasteiger partial charge in [-0.1, -0.05) is 0 Å². The first kappa shape index (κ1) is 14.4. The Morgan fingerprint density at radius 2 is 2.26 bits per heavy atom. The summed E-state index contributed by atoms with van der Waals surface area (Å²) in [5, 5.41) is 19.4. The molecule has 1 rings (SSSR count). The van der Waals surface area contributed by atoms with E-state index in [1.807, 2.05) is 0 Å². The maximum Gasteiger partial charge on any atom is 0.326 e. The number of carboxylic acids is 1. The second kappa shape index (κ2) is 6.93. The molecule has 0 radical (unpaired) electrons. The summed E-state index contributed by atoms with van der Waals surface area (Å²) >= 11 is 0. The Labute approximate surface area is 107 Å². The summed E-state index contributed by atoms with van der Waals surface area (Å²) in [5.41, 5.74) is 0. The van der Waals surface area contributed by atoms with E-state index in [1.165, 1.54) is 6.33 Å². The van der Waals surface area contributed by atoms with Gasteiger partial charge in [0.25, 0.3) is 0 Å². The summed E-state index contributed by atoms with van der Waals surface area (Å²) in [6.07, 6.45) is 0.813. The number of aliphatic carboxylic acids is 1. The molecule has 0 aliphatic rings. The van der Waals surface area contributed by atoms with Crippen molar-refractivity contribution in [3.8, 4) is 0 Å². The van der Waals surface area contributed by atoms with Crippen molar-refractivity contribution < 1.29 is 24.2 Å². The van der Waals surface area contributed by atoms with Crippen LogP contribution in [0.15, 0.2) is 6.33 Å². The summed E-state index contributed by atoms with van der Waals surface area (Å²) in [4.78, 5) is 37.0. The molecule has 0 spiro atoms. The van der Waals surface area contributed by atoms with E-state index in [9.17, 15) is 14.4 Å². The van der Waals surface area contributed by atoms with Gasteiger partial charge in [-0.15, -0.1) is 0 Å². The standard InChI is InChI=1S/C9H13N5O5/c1-19-7(15)2-5(8(16)17)13-9(18)10-3-6-11-4-12-14-6/h4-5H,2-3H2,1H3,(H,16,17)(H2,10,13,18)(H,11,12,14)/t5-/m0/s1. The Morgan fingerprint density at radius 3 is 2.79 bits per heavy atom. The average molecular weight is 271 g/mol. The number of aromatic amines is 1. The zero-order chi connectivity index (χ0) is 14.3. The van der Waals surface area contributed by atoms with Crippen LogP contribution in [0, 0.1) is 0 Å². The van der Waals surface area contributed by atoms with Crippen molar-refractivity contribution in [1.82, 2.24) is 25.8 Å². The molecule has 10 heteroatoms. The van der Waals surface area contributed by atoms with Crippen LogP contribution in [0.2, 0.25) is 0 Å². The van der Waals surface area contributed by atoms with Gasteiger partial charge in [-0.05, 0) is 0 Å². The molecule has 10 nitrogen and oxygen atoms in total. The molecule has 0 bridgehead atoms. The van der Waals surface area contributed by atoms with Gasteiger partial charge in [0.15, 0.2) is 0 Å². The number of amides is 2. The molecule has 0 aliphatic heterocycles. The minimum Gasteiger partial charge on any atom is -0.480 e. The Balaban J connectivity index is 2.42. The van der Waals surface area contributed by atoms with Crippen LogP contribution in [0.3, 0.4) is 0 Å². The fourth-order valence-electron chi connectivity index (χ4n) is 1.14. The number of nitrogens with zero attached hydrogens (tertiary/aromatic N) is 2. The highest BCUT2D eigenvalue weighted by atomic mass is 16.5. The molecule has 2 amide bonds. The molecule has 1 atom stereocenters. The number of esters is 1. The molecule has 0 saturated carbocycles. The number of aromatic nitrogens is 3. The fourth-order valence-corrected chi connectivity index (χ4v) is 1.14. The second-order valence-corrected chi connectivity index (χ2v) is 3.43. The van der Waals surface area contributed by atoms with Crippen molar-refractivity contribution in [2.24, 2.45) is 0 Å². The minimum atomic E-state index is -1.36. The van der Waals surface area contributed by atoms with Crippen LogP contribution in [0.25, 0.3) is 0 Å². The minimum absolute atomic E-state index is 0.0520. The zero-order valence-electron chi connectivity index (χ0n) is 10.0. The first-order valence-corrected chi connectivity index (χ1v) is 5.21. The molecule has 0 aliphatic carbocycles. The van der Waals surface area contributed by atoms with Crippen molar-refractivity contribution in [3.63, 3.8) is 0 Å². The van der Waals surface area contributed by atoms with Crippen molar-refractivity contribution in [2.45, 2.75) is 19.0 Å². The predicted molar refractivity (Wildman–Crippen MR) is 59.8 cm³/mol. The van der Waals surface area contributed by atoms with Gasteiger partial charge >= 0.3 is 18.0 Å². The quantitative estimate of drug-likeness (QED) is 0.466. The third-order valence-corrected chi connectivity index (χ3v) is 2.08. The molecule has 0 fully saturated rings. The van der Waals surface area contributed by atoms with Crippen molar-refractivity contribution >= 4 is 18.0 Å². The van der Waals surface area contributed by atoms with Crippen LogP contribution in [-0.2, 0) is 20.9 Å². The van der Waals surface area contributed by atoms with Gasteiger partial charge in [0.05, 0.1) is 20.1 Å². The third kappa shape index (κ3) is 5.02. The number of urea groups is 1. The average Bonchev–Trinajstić information content (AvgIpc) is 2.88. The topological polar surface area (TPSA) is 146 Å². The van der Waals surface area contributed by atoms with E-state index in [-0.39, 0.29) is 6.54 Å². The van der Waals surface area contributed by atoms with Crippen molar-refractivity contribution in [3.05, 3.63) is 12.2 Å². The molecule has 0 unspecified atom stereocenters. The number of carbonyl (C=O) groups excluding carboxylic acids is 2. The van der Waals surface area contributed by atoms with Crippen LogP contribution in [-0.4, -0.2) is 51.4 Å². The lowest BCUT2D eigenvalue weighted by atomic mass is 10.2. The van der Waals surface area contributed by atoms with Crippen molar-refractivity contribution in [2.75, 3.05) is 7.11 Å². The SMILES string of the molecule is COC(=O)C[C@H](NC(=O)NCc1ncn[nH]1)C(=O)O. The van der Waals surface area contributed by atoms with Crippen LogP contribution in [0.5, 0.6) is 0 Å². The first-order valence-electron chi connectivity index (χ1n) is 5.21. The van der Waals surface area contributed by atoms with Crippen molar-refractivity contribution in [1.29, 1.82) is 0 Å². The lowest BCUT2D eigenvalue weighted by Gasteiger charge is -2.13. The Morgan fingerprint density at radius 1 is 1.53 bits per heavy atom. The number of hydrogen-bond acceptors (Lipinski definition) is 6. The van der Waals surface area contributed by atoms with Crippen LogP contribution in [0.4, 0.5) is 4.79 Å². The maximum absolute atomic E-state index is 11.4. The molecular weight excluding hydrogens is 258 g/mol. The molecule has 19 heavy (non-hydrogen) atoms. The molecule has 0 aromatic carbocycles. The van der Waals surface area contributed by atoms with E-state index in [2.05, 4.69) is 30.6 Å². The molecular formula is C9H13N5O5. The van der Waals surface area contributed by atoms with E-state index in [4.69, 9.17) is 5.11 Å². The Bertz CT molecular complexity index is 446. The predicted octanol–water partition coefficient (Wildman–Crippen LogP) is -1.38. The Hall–Kier alpha value is -2.65. The summed E-state index contributed by atoms with van der Waals surface area (Å²) in [5.74, 6) is -1.65. The lowest BCUT2D eigenvalue weighted by Crippen LogP contribution is -2.46. The fraction of sp³-hybridized carbons (Fsp3) is 0.444. The number of H-pyrrole nitrogens is 1. The van der Waals surface area contributed by atoms with Gasteiger partial charge in [0, 0.05) is 0 Å². The molecule has 1 heterocycles. The number of nitrogens with one attached hydrogen (secondary N) is 3. The summed E-state index contributed by atoms with van der Waals surface area (Å²) in [6.45, 7) is 0.0520. The largest absolute Gasteiger partial charge is 0.480 e. The monoisotopic (exact) mass is 271 g/mol. The number of methoxy groups -OCH3 is 1. The highest BCUT2D eigenvalue weighted by Crippen LogP contribution is 1.95. The van der Waals surface area contributed by atoms with E-state index in [1.54, 1.807) is 0 Å². The number of carbonyl (C=O) groups is 3. The van der Waals surface area contributed by atoms with Gasteiger partial charge in [0.1, 0.15) is 18.2 Å². The molecule has 1 aromatic rings. The number of hydrogen-bond donors (Lipinski definition) is 4. The summed E-state index contributed by atoms with van der Waals surface area (Å²) in [7, 11) is 1.13. The van der Waals surface area contributed by atoms with Crippen LogP contribution < -0.4 is 10.6 Å². The number of carboxylic acid groups (broad SMARTS) is 1. The summed E-state index contributed by atoms with van der Waals surface area (Å²) in [6, 6.07) is -2.10. The van der Waals surface area contributed by atoms with Gasteiger partial charge in [0.2, 0.25) is 0 Å².